The van der Waals surface area contributed by atoms with Crippen molar-refractivity contribution in [2.24, 2.45) is 11.8 Å². The van der Waals surface area contributed by atoms with Crippen LogP contribution in [0.5, 0.6) is 0 Å². The van der Waals surface area contributed by atoms with E-state index in [1.165, 1.54) is 5.56 Å². The van der Waals surface area contributed by atoms with E-state index in [9.17, 15) is 19.2 Å². The number of carbonyl (C=O) groups is 5. The fourth-order valence-electron chi connectivity index (χ4n) is 3.68. The number of nitrogens with two attached hydrogens (primary N) is 1. The third-order valence-electron chi connectivity index (χ3n) is 5.29. The molecule has 2 unspecified atom stereocenters. The number of ketones is 2. The first kappa shape index (κ1) is 29.9. The predicted molar refractivity (Wildman–Crippen MR) is 124 cm³/mol. The molecule has 0 radical (unpaired) electrons. The third kappa shape index (κ3) is 11.7. The average molecular weight is 493 g/mol. The molecule has 3 rings (SSSR count). The number of likely N-dealkylation sites (tertiary alicyclic amines) is 1. The Labute approximate surface area is 206 Å². The van der Waals surface area contributed by atoms with Gasteiger partial charge in [-0.3, -0.25) is 24.1 Å². The number of hydrogen-bond donors (Lipinski definition) is 1. The van der Waals surface area contributed by atoms with Crippen LogP contribution in [0, 0.1) is 11.8 Å². The van der Waals surface area contributed by atoms with Crippen LogP contribution in [0.15, 0.2) is 30.3 Å². The SMILES string of the molecule is CC(=O)[O-].CCOC(=O)C1CCN(Cc2ccccc2)CC1=O.CCOC(=O)C1CC[NH2+]CC1=O. The van der Waals surface area contributed by atoms with Crippen molar-refractivity contribution < 1.29 is 43.9 Å². The summed E-state index contributed by atoms with van der Waals surface area (Å²) >= 11 is 0. The number of hydrogen-bond acceptors (Lipinski definition) is 9. The second kappa shape index (κ2) is 16.5. The molecule has 0 aromatic heterocycles. The molecule has 0 aliphatic carbocycles. The average Bonchev–Trinajstić information content (AvgIpc) is 2.80. The van der Waals surface area contributed by atoms with E-state index >= 15 is 0 Å². The van der Waals surface area contributed by atoms with Gasteiger partial charge in [-0.05, 0) is 32.8 Å². The molecular formula is C25H36N2O8. The highest BCUT2D eigenvalue weighted by atomic mass is 16.5. The Balaban J connectivity index is 0.000000327. The summed E-state index contributed by atoms with van der Waals surface area (Å²) in [5, 5.41) is 10.8. The normalized spacial score (nSPS) is 19.9. The van der Waals surface area contributed by atoms with Crippen molar-refractivity contribution >= 4 is 29.5 Å². The van der Waals surface area contributed by atoms with Crippen LogP contribution in [0.2, 0.25) is 0 Å². The van der Waals surface area contributed by atoms with Crippen LogP contribution in [0.3, 0.4) is 0 Å². The Morgan fingerprint density at radius 3 is 2.00 bits per heavy atom. The minimum Gasteiger partial charge on any atom is -0.550 e. The van der Waals surface area contributed by atoms with E-state index in [1.807, 2.05) is 35.6 Å². The number of rotatable bonds is 6. The number of Topliss-reactive ketones (excluding diaryl/α,β-unsaturated/α-hetero) is 2. The summed E-state index contributed by atoms with van der Waals surface area (Å²) in [7, 11) is 0. The van der Waals surface area contributed by atoms with Crippen LogP contribution >= 0.6 is 0 Å². The molecule has 35 heavy (non-hydrogen) atoms. The maximum absolute atomic E-state index is 12.0. The number of ether oxygens (including phenoxy) is 2. The highest BCUT2D eigenvalue weighted by Gasteiger charge is 2.33. The van der Waals surface area contributed by atoms with Crippen molar-refractivity contribution in [1.82, 2.24) is 4.90 Å². The standard InChI is InChI=1S/C15H19NO3.C8H13NO3.C2H4O2/c1-2-19-15(18)13-8-9-16(11-14(13)17)10-12-6-4-3-5-7-12;1-2-12-8(11)6-3-4-9-5-7(6)10;1-2(3)4/h3-7,13H,2,8-11H2,1H3;6,9H,2-5H2,1H3;1H3,(H,3,4). The molecule has 194 valence electrons. The Bertz CT molecular complexity index is 839. The van der Waals surface area contributed by atoms with Gasteiger partial charge in [-0.1, -0.05) is 30.3 Å². The molecule has 2 atom stereocenters. The van der Waals surface area contributed by atoms with Crippen LogP contribution in [0.25, 0.3) is 0 Å². The molecule has 1 aromatic carbocycles. The second-order valence-corrected chi connectivity index (χ2v) is 8.09. The van der Waals surface area contributed by atoms with Gasteiger partial charge in [0.05, 0.1) is 26.3 Å². The van der Waals surface area contributed by atoms with Crippen molar-refractivity contribution in [2.75, 3.05) is 39.4 Å². The molecular weight excluding hydrogens is 456 g/mol. The maximum atomic E-state index is 12.0. The predicted octanol–water partition coefficient (Wildman–Crippen LogP) is -0.901. The van der Waals surface area contributed by atoms with Gasteiger partial charge in [-0.15, -0.1) is 0 Å². The zero-order valence-electron chi connectivity index (χ0n) is 20.7. The van der Waals surface area contributed by atoms with Gasteiger partial charge in [0.2, 0.25) is 5.78 Å². The zero-order chi connectivity index (χ0) is 26.2. The smallest absolute Gasteiger partial charge is 0.316 e. The molecule has 1 aromatic rings. The van der Waals surface area contributed by atoms with Gasteiger partial charge < -0.3 is 24.7 Å². The summed E-state index contributed by atoms with van der Waals surface area (Å²) in [6, 6.07) is 10.0. The topological polar surface area (TPSA) is 147 Å². The van der Waals surface area contributed by atoms with Crippen LogP contribution in [0.1, 0.15) is 39.2 Å². The molecule has 2 heterocycles. The first-order valence-corrected chi connectivity index (χ1v) is 11.8. The number of esters is 2. The van der Waals surface area contributed by atoms with Crippen molar-refractivity contribution in [3.63, 3.8) is 0 Å². The van der Waals surface area contributed by atoms with E-state index in [2.05, 4.69) is 4.90 Å². The van der Waals surface area contributed by atoms with Gasteiger partial charge in [0.15, 0.2) is 5.78 Å². The van der Waals surface area contributed by atoms with Crippen molar-refractivity contribution in [1.29, 1.82) is 0 Å². The molecule has 2 fully saturated rings. The largest absolute Gasteiger partial charge is 0.550 e. The van der Waals surface area contributed by atoms with E-state index in [-0.39, 0.29) is 23.5 Å². The molecule has 0 spiro atoms. The lowest BCUT2D eigenvalue weighted by Gasteiger charge is -2.29. The van der Waals surface area contributed by atoms with Crippen LogP contribution in [-0.2, 0) is 40.0 Å². The summed E-state index contributed by atoms with van der Waals surface area (Å²) in [6.07, 6.45) is 1.18. The monoisotopic (exact) mass is 492 g/mol. The van der Waals surface area contributed by atoms with E-state index in [0.29, 0.717) is 39.1 Å². The lowest BCUT2D eigenvalue weighted by Crippen LogP contribution is -2.88. The maximum Gasteiger partial charge on any atom is 0.316 e. The van der Waals surface area contributed by atoms with Gasteiger partial charge >= 0.3 is 11.9 Å². The molecule has 10 nitrogen and oxygen atoms in total. The van der Waals surface area contributed by atoms with Crippen LogP contribution in [0.4, 0.5) is 0 Å². The zero-order valence-corrected chi connectivity index (χ0v) is 20.7. The molecule has 10 heteroatoms. The Morgan fingerprint density at radius 1 is 0.971 bits per heavy atom. The fourth-order valence-corrected chi connectivity index (χ4v) is 3.68. The van der Waals surface area contributed by atoms with E-state index in [4.69, 9.17) is 19.4 Å². The highest BCUT2D eigenvalue weighted by Crippen LogP contribution is 2.17. The first-order valence-electron chi connectivity index (χ1n) is 11.8. The molecule has 0 amide bonds. The molecule has 2 saturated heterocycles. The summed E-state index contributed by atoms with van der Waals surface area (Å²) in [5.74, 6) is -2.88. The molecule has 2 aliphatic heterocycles. The van der Waals surface area contributed by atoms with E-state index in [0.717, 1.165) is 26.6 Å². The number of aliphatic carboxylic acids is 1. The minimum absolute atomic E-state index is 0.000278. The fraction of sp³-hybridized carbons (Fsp3) is 0.560. The number of carbonyl (C=O) groups excluding carboxylic acids is 5. The lowest BCUT2D eigenvalue weighted by atomic mass is 9.95. The molecule has 0 bridgehead atoms. The minimum atomic E-state index is -1.08. The summed E-state index contributed by atoms with van der Waals surface area (Å²) in [5.41, 5.74) is 1.19. The second-order valence-electron chi connectivity index (χ2n) is 8.09. The highest BCUT2D eigenvalue weighted by molar-refractivity contribution is 6.00. The quantitative estimate of drug-likeness (QED) is 0.394. The van der Waals surface area contributed by atoms with Crippen molar-refractivity contribution in [2.45, 2.75) is 40.2 Å². The number of carboxylic acid groups (broad SMARTS) is 1. The van der Waals surface area contributed by atoms with Gasteiger partial charge in [0, 0.05) is 25.5 Å². The Hall–Kier alpha value is -3.11. The number of benzene rings is 1. The number of quaternary nitrogens is 1. The third-order valence-corrected chi connectivity index (χ3v) is 5.29. The van der Waals surface area contributed by atoms with E-state index < -0.39 is 17.8 Å². The lowest BCUT2D eigenvalue weighted by molar-refractivity contribution is -0.649. The van der Waals surface area contributed by atoms with Crippen molar-refractivity contribution in [3.05, 3.63) is 35.9 Å². The Morgan fingerprint density at radius 2 is 1.51 bits per heavy atom. The first-order chi connectivity index (χ1) is 16.7. The van der Waals surface area contributed by atoms with E-state index in [1.54, 1.807) is 13.8 Å². The molecule has 2 aliphatic rings. The summed E-state index contributed by atoms with van der Waals surface area (Å²) in [4.78, 5) is 56.9. The number of nitrogens with zero attached hydrogens (tertiary/aromatic N) is 1. The van der Waals surface area contributed by atoms with Crippen LogP contribution < -0.4 is 10.4 Å². The Kier molecular flexibility index (Phi) is 14.1. The van der Waals surface area contributed by atoms with Gasteiger partial charge in [-0.2, -0.15) is 0 Å². The number of carboxylic acids is 1. The van der Waals surface area contributed by atoms with Gasteiger partial charge in [0.1, 0.15) is 18.4 Å². The van der Waals surface area contributed by atoms with Gasteiger partial charge in [0.25, 0.3) is 0 Å². The molecule has 2 N–H and O–H groups in total. The van der Waals surface area contributed by atoms with Crippen molar-refractivity contribution in [3.8, 4) is 0 Å². The number of piperidine rings is 2. The van der Waals surface area contributed by atoms with Gasteiger partial charge in [-0.25, -0.2) is 0 Å². The summed E-state index contributed by atoms with van der Waals surface area (Å²) < 4.78 is 9.71. The van der Waals surface area contributed by atoms with Crippen LogP contribution in [-0.4, -0.2) is 73.8 Å². The summed E-state index contributed by atoms with van der Waals surface area (Å²) in [6.45, 7) is 8.26. The molecule has 0 saturated carbocycles.